The maximum absolute atomic E-state index is 12.8. The second kappa shape index (κ2) is 10.1. The average Bonchev–Trinajstić information content (AvgIpc) is 2.60. The van der Waals surface area contributed by atoms with E-state index in [0.29, 0.717) is 18.9 Å². The van der Waals surface area contributed by atoms with Gasteiger partial charge in [0.25, 0.3) is 0 Å². The van der Waals surface area contributed by atoms with Crippen molar-refractivity contribution in [1.82, 2.24) is 0 Å². The Bertz CT molecular complexity index is 509. The Morgan fingerprint density at radius 3 is 2.17 bits per heavy atom. The highest BCUT2D eigenvalue weighted by atomic mass is 16.4. The van der Waals surface area contributed by atoms with Crippen LogP contribution >= 0.6 is 0 Å². The summed E-state index contributed by atoms with van der Waals surface area (Å²) >= 11 is 0. The topological polar surface area (TPSA) is 57.6 Å². The first-order valence-corrected chi connectivity index (χ1v) is 9.27. The highest BCUT2D eigenvalue weighted by molar-refractivity contribution is 5.93. The Hall–Kier alpha value is -1.84. The second-order valence-electron chi connectivity index (χ2n) is 6.70. The summed E-state index contributed by atoms with van der Waals surface area (Å²) in [6, 6.07) is 10.4. The summed E-state index contributed by atoms with van der Waals surface area (Å²) in [6.07, 6.45) is 10.0. The number of hydrogen-bond donors (Lipinski definition) is 1. The largest absolute Gasteiger partial charge is 0.481 e. The average molecular weight is 331 g/mol. The highest BCUT2D eigenvalue weighted by Gasteiger charge is 2.26. The smallest absolute Gasteiger partial charge is 0.303 e. The molecule has 4 heteroatoms. The lowest BCUT2D eigenvalue weighted by Crippen LogP contribution is -2.41. The molecule has 0 spiro atoms. The molecule has 1 fully saturated rings. The van der Waals surface area contributed by atoms with Crippen LogP contribution in [0.25, 0.3) is 0 Å². The van der Waals surface area contributed by atoms with Crippen molar-refractivity contribution in [3.63, 3.8) is 0 Å². The number of benzene rings is 1. The van der Waals surface area contributed by atoms with Crippen LogP contribution in [-0.4, -0.2) is 23.0 Å². The maximum atomic E-state index is 12.8. The number of carboxylic acid groups (broad SMARTS) is 1. The van der Waals surface area contributed by atoms with Crippen molar-refractivity contribution in [3.8, 4) is 0 Å². The third kappa shape index (κ3) is 5.99. The molecule has 0 saturated heterocycles. The standard InChI is InChI=1S/C20H29NO3/c22-19(15-9-1-2-10-16-20(23)24)21(17-11-5-3-6-12-17)18-13-7-4-8-14-18/h3,5-6,11-12,18H,1-2,4,7-10,13-16H2,(H,23,24). The molecule has 0 bridgehead atoms. The summed E-state index contributed by atoms with van der Waals surface area (Å²) in [7, 11) is 0. The minimum atomic E-state index is -0.737. The van der Waals surface area contributed by atoms with Gasteiger partial charge in [-0.3, -0.25) is 9.59 Å². The molecule has 0 heterocycles. The van der Waals surface area contributed by atoms with Crippen LogP contribution in [0.3, 0.4) is 0 Å². The molecule has 1 aliphatic rings. The first-order chi connectivity index (χ1) is 11.7. The van der Waals surface area contributed by atoms with E-state index in [4.69, 9.17) is 5.11 Å². The number of anilines is 1. The fourth-order valence-electron chi connectivity index (χ4n) is 3.51. The van der Waals surface area contributed by atoms with Crippen molar-refractivity contribution < 1.29 is 14.7 Å². The molecule has 1 aromatic carbocycles. The number of amides is 1. The van der Waals surface area contributed by atoms with Crippen molar-refractivity contribution in [2.75, 3.05) is 4.90 Å². The number of nitrogens with zero attached hydrogens (tertiary/aromatic N) is 1. The zero-order valence-corrected chi connectivity index (χ0v) is 14.5. The van der Waals surface area contributed by atoms with Crippen LogP contribution in [0.15, 0.2) is 30.3 Å². The monoisotopic (exact) mass is 331 g/mol. The number of hydrogen-bond acceptors (Lipinski definition) is 2. The van der Waals surface area contributed by atoms with Crippen LogP contribution in [0.5, 0.6) is 0 Å². The summed E-state index contributed by atoms with van der Waals surface area (Å²) < 4.78 is 0. The fraction of sp³-hybridized carbons (Fsp3) is 0.600. The van der Waals surface area contributed by atoms with Gasteiger partial charge in [0.2, 0.25) is 5.91 Å². The van der Waals surface area contributed by atoms with Gasteiger partial charge in [0.1, 0.15) is 0 Å². The first kappa shape index (κ1) is 18.5. The summed E-state index contributed by atoms with van der Waals surface area (Å²) in [5.41, 5.74) is 1.01. The van der Waals surface area contributed by atoms with E-state index in [1.165, 1.54) is 19.3 Å². The molecule has 24 heavy (non-hydrogen) atoms. The van der Waals surface area contributed by atoms with E-state index in [2.05, 4.69) is 0 Å². The van der Waals surface area contributed by atoms with Crippen LogP contribution in [-0.2, 0) is 9.59 Å². The van der Waals surface area contributed by atoms with E-state index < -0.39 is 5.97 Å². The Labute approximate surface area is 144 Å². The van der Waals surface area contributed by atoms with Gasteiger partial charge in [-0.1, -0.05) is 50.3 Å². The lowest BCUT2D eigenvalue weighted by molar-refractivity contribution is -0.137. The number of unbranched alkanes of at least 4 members (excludes halogenated alkanes) is 3. The lowest BCUT2D eigenvalue weighted by atomic mass is 9.93. The molecule has 1 aromatic rings. The summed E-state index contributed by atoms with van der Waals surface area (Å²) in [5.74, 6) is -0.523. The number of carbonyl (C=O) groups excluding carboxylic acids is 1. The molecule has 0 aromatic heterocycles. The van der Waals surface area contributed by atoms with Gasteiger partial charge in [-0.25, -0.2) is 0 Å². The van der Waals surface area contributed by atoms with Gasteiger partial charge in [-0.05, 0) is 37.8 Å². The molecule has 1 saturated carbocycles. The van der Waals surface area contributed by atoms with Crippen LogP contribution < -0.4 is 4.90 Å². The molecule has 0 aliphatic heterocycles. The molecular formula is C20H29NO3. The van der Waals surface area contributed by atoms with Crippen molar-refractivity contribution in [2.45, 2.75) is 76.7 Å². The molecule has 2 rings (SSSR count). The van der Waals surface area contributed by atoms with E-state index in [0.717, 1.165) is 37.8 Å². The molecule has 0 atom stereocenters. The van der Waals surface area contributed by atoms with Gasteiger partial charge in [0.15, 0.2) is 0 Å². The van der Waals surface area contributed by atoms with Crippen molar-refractivity contribution >= 4 is 17.6 Å². The van der Waals surface area contributed by atoms with E-state index in [1.807, 2.05) is 35.2 Å². The first-order valence-electron chi connectivity index (χ1n) is 9.27. The molecular weight excluding hydrogens is 302 g/mol. The Morgan fingerprint density at radius 2 is 1.54 bits per heavy atom. The van der Waals surface area contributed by atoms with Crippen molar-refractivity contribution in [2.24, 2.45) is 0 Å². The van der Waals surface area contributed by atoms with E-state index in [-0.39, 0.29) is 12.3 Å². The fourth-order valence-corrected chi connectivity index (χ4v) is 3.51. The Morgan fingerprint density at radius 1 is 0.917 bits per heavy atom. The zero-order chi connectivity index (χ0) is 17.2. The molecule has 0 radical (unpaired) electrons. The maximum Gasteiger partial charge on any atom is 0.303 e. The minimum absolute atomic E-state index is 0.214. The van der Waals surface area contributed by atoms with Gasteiger partial charge in [0.05, 0.1) is 0 Å². The van der Waals surface area contributed by atoms with Crippen LogP contribution in [0.2, 0.25) is 0 Å². The van der Waals surface area contributed by atoms with Gasteiger partial charge in [-0.15, -0.1) is 0 Å². The third-order valence-electron chi connectivity index (χ3n) is 4.77. The number of para-hydroxylation sites is 1. The third-order valence-corrected chi connectivity index (χ3v) is 4.77. The summed E-state index contributed by atoms with van der Waals surface area (Å²) in [6.45, 7) is 0. The SMILES string of the molecule is O=C(O)CCCCCCC(=O)N(c1ccccc1)C1CCCCC1. The van der Waals surface area contributed by atoms with E-state index >= 15 is 0 Å². The highest BCUT2D eigenvalue weighted by Crippen LogP contribution is 2.28. The van der Waals surface area contributed by atoms with Gasteiger partial charge < -0.3 is 10.0 Å². The van der Waals surface area contributed by atoms with Gasteiger partial charge >= 0.3 is 5.97 Å². The number of carbonyl (C=O) groups is 2. The van der Waals surface area contributed by atoms with E-state index in [9.17, 15) is 9.59 Å². The van der Waals surface area contributed by atoms with Crippen LogP contribution in [0.4, 0.5) is 5.69 Å². The molecule has 0 unspecified atom stereocenters. The Balaban J connectivity index is 1.87. The molecule has 4 nitrogen and oxygen atoms in total. The minimum Gasteiger partial charge on any atom is -0.481 e. The predicted molar refractivity (Wildman–Crippen MR) is 96.1 cm³/mol. The number of aliphatic carboxylic acids is 1. The number of rotatable bonds is 9. The van der Waals surface area contributed by atoms with Crippen LogP contribution in [0, 0.1) is 0 Å². The number of carboxylic acids is 1. The van der Waals surface area contributed by atoms with E-state index in [1.54, 1.807) is 0 Å². The van der Waals surface area contributed by atoms with Gasteiger partial charge in [-0.2, -0.15) is 0 Å². The molecule has 1 amide bonds. The molecule has 1 aliphatic carbocycles. The predicted octanol–water partition coefficient (Wildman–Crippen LogP) is 4.78. The van der Waals surface area contributed by atoms with Crippen LogP contribution in [0.1, 0.15) is 70.6 Å². The molecule has 1 N–H and O–H groups in total. The summed E-state index contributed by atoms with van der Waals surface area (Å²) in [5, 5.41) is 8.64. The zero-order valence-electron chi connectivity index (χ0n) is 14.5. The Kier molecular flexibility index (Phi) is 7.80. The lowest BCUT2D eigenvalue weighted by Gasteiger charge is -2.34. The quantitative estimate of drug-likeness (QED) is 0.663. The van der Waals surface area contributed by atoms with Gasteiger partial charge in [0, 0.05) is 24.6 Å². The van der Waals surface area contributed by atoms with Crippen molar-refractivity contribution in [1.29, 1.82) is 0 Å². The summed E-state index contributed by atoms with van der Waals surface area (Å²) in [4.78, 5) is 25.3. The molecule has 132 valence electrons. The van der Waals surface area contributed by atoms with Crippen molar-refractivity contribution in [3.05, 3.63) is 30.3 Å². The second-order valence-corrected chi connectivity index (χ2v) is 6.70. The normalized spacial score (nSPS) is 15.2.